The van der Waals surface area contributed by atoms with Gasteiger partial charge in [-0.05, 0) is 38.6 Å². The van der Waals surface area contributed by atoms with Gasteiger partial charge in [0.05, 0.1) is 6.04 Å². The van der Waals surface area contributed by atoms with Gasteiger partial charge in [-0.15, -0.1) is 0 Å². The number of carbonyl (C=O) groups excluding carboxylic acids is 1. The van der Waals surface area contributed by atoms with Gasteiger partial charge < -0.3 is 10.2 Å². The van der Waals surface area contributed by atoms with Gasteiger partial charge in [-0.1, -0.05) is 6.92 Å². The summed E-state index contributed by atoms with van der Waals surface area (Å²) >= 11 is 0. The first-order chi connectivity index (χ1) is 8.72. The summed E-state index contributed by atoms with van der Waals surface area (Å²) in [4.78, 5) is 14.4. The molecule has 0 saturated carbocycles. The van der Waals surface area contributed by atoms with Gasteiger partial charge in [-0.25, -0.2) is 0 Å². The molecule has 2 saturated heterocycles. The van der Waals surface area contributed by atoms with E-state index in [1.165, 1.54) is 0 Å². The molecule has 1 atom stereocenters. The zero-order valence-corrected chi connectivity index (χ0v) is 12.0. The first-order valence-electron chi connectivity index (χ1n) is 7.11. The van der Waals surface area contributed by atoms with E-state index in [1.807, 2.05) is 4.90 Å². The van der Waals surface area contributed by atoms with Crippen LogP contribution in [0.15, 0.2) is 0 Å². The molecule has 5 heteroatoms. The van der Waals surface area contributed by atoms with Crippen LogP contribution in [0, 0.1) is 0 Å². The Morgan fingerprint density at radius 2 is 2.06 bits per heavy atom. The van der Waals surface area contributed by atoms with Gasteiger partial charge in [0.1, 0.15) is 0 Å². The number of hydrogen-bond acceptors (Lipinski definition) is 3. The van der Waals surface area contributed by atoms with Crippen LogP contribution < -0.4 is 5.32 Å². The summed E-state index contributed by atoms with van der Waals surface area (Å²) in [7, 11) is -0.644. The summed E-state index contributed by atoms with van der Waals surface area (Å²) in [5.74, 6) is 1.80. The van der Waals surface area contributed by atoms with Crippen LogP contribution in [0.25, 0.3) is 0 Å². The SMILES string of the molecule is CCCNC1CCCN(C2CCS(=O)CC2)C1=O. The van der Waals surface area contributed by atoms with Gasteiger partial charge in [-0.3, -0.25) is 9.00 Å². The number of nitrogens with one attached hydrogen (secondary N) is 1. The van der Waals surface area contributed by atoms with Gasteiger partial charge in [0, 0.05) is 34.9 Å². The molecule has 4 nitrogen and oxygen atoms in total. The molecule has 2 rings (SSSR count). The summed E-state index contributed by atoms with van der Waals surface area (Å²) in [5.41, 5.74) is 0. The summed E-state index contributed by atoms with van der Waals surface area (Å²) in [6.07, 6.45) is 4.95. The summed E-state index contributed by atoms with van der Waals surface area (Å²) in [6, 6.07) is 0.354. The number of nitrogens with zero attached hydrogens (tertiary/aromatic N) is 1. The minimum Gasteiger partial charge on any atom is -0.338 e. The lowest BCUT2D eigenvalue weighted by Crippen LogP contribution is -2.55. The third-order valence-corrected chi connectivity index (χ3v) is 5.29. The molecular weight excluding hydrogens is 248 g/mol. The highest BCUT2D eigenvalue weighted by molar-refractivity contribution is 7.85. The monoisotopic (exact) mass is 272 g/mol. The van der Waals surface area contributed by atoms with Crippen LogP contribution in [0.3, 0.4) is 0 Å². The highest BCUT2D eigenvalue weighted by Gasteiger charge is 2.34. The molecule has 0 aliphatic carbocycles. The van der Waals surface area contributed by atoms with Crippen molar-refractivity contribution in [2.45, 2.75) is 51.1 Å². The van der Waals surface area contributed by atoms with Gasteiger partial charge in [-0.2, -0.15) is 0 Å². The quantitative estimate of drug-likeness (QED) is 0.827. The van der Waals surface area contributed by atoms with Crippen LogP contribution in [-0.4, -0.2) is 51.7 Å². The van der Waals surface area contributed by atoms with Crippen molar-refractivity contribution < 1.29 is 9.00 Å². The largest absolute Gasteiger partial charge is 0.338 e. The van der Waals surface area contributed by atoms with Gasteiger partial charge >= 0.3 is 0 Å². The molecule has 2 fully saturated rings. The van der Waals surface area contributed by atoms with Crippen LogP contribution in [-0.2, 0) is 15.6 Å². The fourth-order valence-corrected chi connectivity index (χ4v) is 4.14. The van der Waals surface area contributed by atoms with E-state index in [9.17, 15) is 9.00 Å². The summed E-state index contributed by atoms with van der Waals surface area (Å²) in [5, 5.41) is 3.35. The molecule has 2 heterocycles. The van der Waals surface area contributed by atoms with Crippen LogP contribution in [0.5, 0.6) is 0 Å². The van der Waals surface area contributed by atoms with Crippen molar-refractivity contribution in [3.8, 4) is 0 Å². The topological polar surface area (TPSA) is 49.4 Å². The van der Waals surface area contributed by atoms with E-state index in [0.29, 0.717) is 6.04 Å². The molecule has 1 amide bonds. The average molecular weight is 272 g/mol. The lowest BCUT2D eigenvalue weighted by Gasteiger charge is -2.39. The van der Waals surface area contributed by atoms with Crippen molar-refractivity contribution in [1.29, 1.82) is 0 Å². The molecule has 0 bridgehead atoms. The maximum absolute atomic E-state index is 12.4. The van der Waals surface area contributed by atoms with E-state index in [1.54, 1.807) is 0 Å². The maximum Gasteiger partial charge on any atom is 0.239 e. The summed E-state index contributed by atoms with van der Waals surface area (Å²) < 4.78 is 11.4. The third kappa shape index (κ3) is 3.32. The minimum absolute atomic E-state index is 0.0196. The Kier molecular flexibility index (Phi) is 5.18. The molecule has 2 aliphatic rings. The van der Waals surface area contributed by atoms with Crippen molar-refractivity contribution in [2.75, 3.05) is 24.6 Å². The molecule has 1 N–H and O–H groups in total. The fraction of sp³-hybridized carbons (Fsp3) is 0.923. The van der Waals surface area contributed by atoms with Crippen LogP contribution in [0.2, 0.25) is 0 Å². The second kappa shape index (κ2) is 6.66. The Hall–Kier alpha value is -0.420. The van der Waals surface area contributed by atoms with Gasteiger partial charge in [0.25, 0.3) is 0 Å². The normalized spacial score (nSPS) is 33.7. The van der Waals surface area contributed by atoms with E-state index in [0.717, 1.165) is 56.7 Å². The highest BCUT2D eigenvalue weighted by atomic mass is 32.2. The molecule has 0 aromatic carbocycles. The number of amides is 1. The molecule has 0 aromatic rings. The number of piperidine rings is 1. The number of likely N-dealkylation sites (tertiary alicyclic amines) is 1. The number of rotatable bonds is 4. The van der Waals surface area contributed by atoms with Crippen LogP contribution in [0.4, 0.5) is 0 Å². The molecule has 1 unspecified atom stereocenters. The standard InChI is InChI=1S/C13H24N2O2S/c1-2-7-14-12-4-3-8-15(13(12)16)11-5-9-18(17)10-6-11/h11-12,14H,2-10H2,1H3. The van der Waals surface area contributed by atoms with E-state index in [2.05, 4.69) is 12.2 Å². The second-order valence-electron chi connectivity index (χ2n) is 5.26. The molecule has 104 valence electrons. The average Bonchev–Trinajstić information content (AvgIpc) is 2.39. The predicted molar refractivity (Wildman–Crippen MR) is 73.9 cm³/mol. The zero-order valence-electron chi connectivity index (χ0n) is 11.2. The molecule has 18 heavy (non-hydrogen) atoms. The number of carbonyl (C=O) groups is 1. The molecule has 0 radical (unpaired) electrons. The van der Waals surface area contributed by atoms with Crippen molar-refractivity contribution in [1.82, 2.24) is 10.2 Å². The Morgan fingerprint density at radius 3 is 2.72 bits per heavy atom. The van der Waals surface area contributed by atoms with Crippen molar-refractivity contribution >= 4 is 16.7 Å². The van der Waals surface area contributed by atoms with E-state index < -0.39 is 10.8 Å². The van der Waals surface area contributed by atoms with Crippen LogP contribution >= 0.6 is 0 Å². The molecular formula is C13H24N2O2S. The lowest BCUT2D eigenvalue weighted by atomic mass is 10.00. The molecule has 0 spiro atoms. The van der Waals surface area contributed by atoms with E-state index in [4.69, 9.17) is 0 Å². The lowest BCUT2D eigenvalue weighted by molar-refractivity contribution is -0.138. The Balaban J connectivity index is 1.91. The molecule has 2 aliphatic heterocycles. The van der Waals surface area contributed by atoms with Crippen molar-refractivity contribution in [2.24, 2.45) is 0 Å². The maximum atomic E-state index is 12.4. The fourth-order valence-electron chi connectivity index (χ4n) is 2.86. The summed E-state index contributed by atoms with van der Waals surface area (Å²) in [6.45, 7) is 3.92. The smallest absolute Gasteiger partial charge is 0.239 e. The van der Waals surface area contributed by atoms with Crippen molar-refractivity contribution in [3.05, 3.63) is 0 Å². The Labute approximate surface area is 112 Å². The highest BCUT2D eigenvalue weighted by Crippen LogP contribution is 2.21. The Bertz CT molecular complexity index is 312. The van der Waals surface area contributed by atoms with E-state index >= 15 is 0 Å². The first-order valence-corrected chi connectivity index (χ1v) is 8.60. The second-order valence-corrected chi connectivity index (χ2v) is 6.96. The third-order valence-electron chi connectivity index (χ3n) is 3.91. The number of hydrogen-bond donors (Lipinski definition) is 1. The van der Waals surface area contributed by atoms with Gasteiger partial charge in [0.2, 0.25) is 5.91 Å². The predicted octanol–water partition coefficient (Wildman–Crippen LogP) is 0.888. The van der Waals surface area contributed by atoms with E-state index in [-0.39, 0.29) is 11.9 Å². The first kappa shape index (κ1) is 14.0. The zero-order chi connectivity index (χ0) is 13.0. The van der Waals surface area contributed by atoms with Crippen molar-refractivity contribution in [3.63, 3.8) is 0 Å². The Morgan fingerprint density at radius 1 is 1.33 bits per heavy atom. The molecule has 0 aromatic heterocycles. The van der Waals surface area contributed by atoms with Crippen LogP contribution in [0.1, 0.15) is 39.0 Å². The van der Waals surface area contributed by atoms with Gasteiger partial charge in [0.15, 0.2) is 0 Å². The minimum atomic E-state index is -0.644.